The highest BCUT2D eigenvalue weighted by atomic mass is 16.8. The Morgan fingerprint density at radius 3 is 2.36 bits per heavy atom. The molecule has 4 aliphatic rings. The molecule has 4 rings (SSSR count). The van der Waals surface area contributed by atoms with Gasteiger partial charge >= 0.3 is 5.91 Å². The fraction of sp³-hybridized carbons (Fsp3) is 0.812. The van der Waals surface area contributed by atoms with Gasteiger partial charge in [-0.25, -0.2) is 4.99 Å². The van der Waals surface area contributed by atoms with Crippen LogP contribution in [0.15, 0.2) is 0 Å². The zero-order valence-electron chi connectivity index (χ0n) is 12.8. The Kier molecular flexibility index (Phi) is 2.55. The lowest BCUT2D eigenvalue weighted by Gasteiger charge is -2.28. The lowest BCUT2D eigenvalue weighted by molar-refractivity contribution is -0.680. The standard InChI is InChI=1S/C16H20N4O2/c1-11-8-21-16(22-11)15(10-18)13(6-4-2-3-5-7-13)14(15,9-17)12(19)20-16/h11H,2-8H2,1H3,(H2,19,20)/p+1/t11-,14-,15+,16+/m0/s1. The fourth-order valence-corrected chi connectivity index (χ4v) is 5.52. The molecule has 2 aliphatic carbocycles. The zero-order chi connectivity index (χ0) is 15.6. The summed E-state index contributed by atoms with van der Waals surface area (Å²) < 4.78 is 11.9. The SMILES string of the molecule is C[C@H]1CO[C@@]2([NH+]=C(N)[C@@]3(C#N)C4(CCCCCC4)[C@@]23C#N)O1. The van der Waals surface area contributed by atoms with Crippen LogP contribution in [0, 0.1) is 38.9 Å². The largest absolute Gasteiger partial charge is 0.343 e. The molecule has 22 heavy (non-hydrogen) atoms. The van der Waals surface area contributed by atoms with Crippen molar-refractivity contribution in [1.82, 2.24) is 0 Å². The molecule has 0 radical (unpaired) electrons. The number of rotatable bonds is 0. The normalized spacial score (nSPS) is 48.3. The van der Waals surface area contributed by atoms with Gasteiger partial charge in [0.15, 0.2) is 10.8 Å². The molecule has 2 spiro atoms. The lowest BCUT2D eigenvalue weighted by atomic mass is 9.83. The minimum absolute atomic E-state index is 0.122. The molecule has 3 fully saturated rings. The van der Waals surface area contributed by atoms with Crippen LogP contribution < -0.4 is 10.7 Å². The number of nitriles is 2. The third kappa shape index (κ3) is 1.09. The van der Waals surface area contributed by atoms with E-state index >= 15 is 0 Å². The molecule has 2 heterocycles. The molecule has 2 saturated carbocycles. The molecule has 2 aliphatic heterocycles. The minimum atomic E-state index is -1.26. The summed E-state index contributed by atoms with van der Waals surface area (Å²) in [7, 11) is 0. The Morgan fingerprint density at radius 1 is 1.18 bits per heavy atom. The van der Waals surface area contributed by atoms with E-state index < -0.39 is 22.2 Å². The molecule has 3 N–H and O–H groups in total. The number of hydrogen-bond donors (Lipinski definition) is 2. The highest BCUT2D eigenvalue weighted by Crippen LogP contribution is 2.86. The van der Waals surface area contributed by atoms with Crippen LogP contribution in [-0.4, -0.2) is 24.5 Å². The average molecular weight is 301 g/mol. The molecule has 1 saturated heterocycles. The van der Waals surface area contributed by atoms with Gasteiger partial charge in [-0.1, -0.05) is 25.7 Å². The Labute approximate surface area is 129 Å². The van der Waals surface area contributed by atoms with E-state index in [0.29, 0.717) is 12.4 Å². The summed E-state index contributed by atoms with van der Waals surface area (Å²) in [6.07, 6.45) is 5.87. The fourth-order valence-electron chi connectivity index (χ4n) is 5.52. The Balaban J connectivity index is 1.92. The maximum absolute atomic E-state index is 10.1. The molecule has 6 heteroatoms. The Morgan fingerprint density at radius 2 is 1.86 bits per heavy atom. The molecule has 0 aromatic carbocycles. The molecular weight excluding hydrogens is 280 g/mol. The summed E-state index contributed by atoms with van der Waals surface area (Å²) in [5.41, 5.74) is 3.77. The number of hydrogen-bond acceptors (Lipinski definition) is 5. The summed E-state index contributed by atoms with van der Waals surface area (Å²) in [5.74, 6) is -0.904. The second kappa shape index (κ2) is 4.01. The monoisotopic (exact) mass is 301 g/mol. The van der Waals surface area contributed by atoms with Gasteiger partial charge in [0.2, 0.25) is 0 Å². The number of amidine groups is 1. The first-order valence-electron chi connectivity index (χ1n) is 8.11. The number of fused-ring (bicyclic) bond motifs is 4. The zero-order valence-corrected chi connectivity index (χ0v) is 12.8. The average Bonchev–Trinajstić information content (AvgIpc) is 2.88. The number of nitrogens with one attached hydrogen (secondary N) is 1. The van der Waals surface area contributed by atoms with Gasteiger partial charge in [-0.3, -0.25) is 5.73 Å². The highest BCUT2D eigenvalue weighted by molar-refractivity contribution is 5.95. The van der Waals surface area contributed by atoms with Gasteiger partial charge in [-0.15, -0.1) is 0 Å². The second-order valence-electron chi connectivity index (χ2n) is 7.11. The van der Waals surface area contributed by atoms with Crippen molar-refractivity contribution < 1.29 is 14.5 Å². The van der Waals surface area contributed by atoms with E-state index in [2.05, 4.69) is 17.1 Å². The molecule has 4 atom stereocenters. The van der Waals surface area contributed by atoms with Gasteiger partial charge in [0.25, 0.3) is 5.84 Å². The summed E-state index contributed by atoms with van der Waals surface area (Å²) >= 11 is 0. The van der Waals surface area contributed by atoms with Crippen LogP contribution >= 0.6 is 0 Å². The summed E-state index contributed by atoms with van der Waals surface area (Å²) in [4.78, 5) is 3.04. The van der Waals surface area contributed by atoms with Gasteiger partial charge in [-0.05, 0) is 19.8 Å². The molecule has 0 bridgehead atoms. The molecule has 0 unspecified atom stereocenters. The van der Waals surface area contributed by atoms with Gasteiger partial charge in [0.05, 0.1) is 24.8 Å². The van der Waals surface area contributed by atoms with E-state index in [-0.39, 0.29) is 6.10 Å². The van der Waals surface area contributed by atoms with Gasteiger partial charge < -0.3 is 9.47 Å². The maximum atomic E-state index is 10.1. The minimum Gasteiger partial charge on any atom is -0.311 e. The van der Waals surface area contributed by atoms with Crippen molar-refractivity contribution in [1.29, 1.82) is 10.5 Å². The smallest absolute Gasteiger partial charge is 0.311 e. The van der Waals surface area contributed by atoms with Crippen molar-refractivity contribution in [2.75, 3.05) is 6.61 Å². The van der Waals surface area contributed by atoms with Gasteiger partial charge in [0.1, 0.15) is 0 Å². The van der Waals surface area contributed by atoms with E-state index in [4.69, 9.17) is 15.2 Å². The number of ether oxygens (including phenoxy) is 2. The molecule has 0 aromatic heterocycles. The second-order valence-corrected chi connectivity index (χ2v) is 7.11. The summed E-state index contributed by atoms with van der Waals surface area (Å²) in [5, 5.41) is 20.1. The third-order valence-electron chi connectivity index (χ3n) is 6.31. The van der Waals surface area contributed by atoms with Crippen molar-refractivity contribution >= 4 is 5.84 Å². The Hall–Kier alpha value is -1.63. The lowest BCUT2D eigenvalue weighted by Crippen LogP contribution is -2.90. The first-order chi connectivity index (χ1) is 10.6. The molecule has 0 amide bonds. The van der Waals surface area contributed by atoms with Crippen LogP contribution in [0.5, 0.6) is 0 Å². The first kappa shape index (κ1) is 14.0. The summed E-state index contributed by atoms with van der Waals surface area (Å²) in [6, 6.07) is 4.85. The third-order valence-corrected chi connectivity index (χ3v) is 6.31. The van der Waals surface area contributed by atoms with Crippen LogP contribution in [0.2, 0.25) is 0 Å². The molecule has 116 valence electrons. The molecular formula is C16H21N4O2+. The number of nitrogens with two attached hydrogens (primary N) is 1. The van der Waals surface area contributed by atoms with Crippen molar-refractivity contribution in [3.05, 3.63) is 0 Å². The van der Waals surface area contributed by atoms with Crippen molar-refractivity contribution in [3.63, 3.8) is 0 Å². The van der Waals surface area contributed by atoms with E-state index in [1.54, 1.807) is 0 Å². The molecule has 0 aromatic rings. The predicted octanol–water partition coefficient (Wildman–Crippen LogP) is -0.0989. The van der Waals surface area contributed by atoms with Crippen molar-refractivity contribution in [3.8, 4) is 12.1 Å². The first-order valence-corrected chi connectivity index (χ1v) is 8.11. The maximum Gasteiger partial charge on any atom is 0.343 e. The quantitative estimate of drug-likeness (QED) is 0.650. The van der Waals surface area contributed by atoms with Crippen LogP contribution in [0.1, 0.15) is 45.4 Å². The van der Waals surface area contributed by atoms with Crippen LogP contribution in [0.25, 0.3) is 0 Å². The van der Waals surface area contributed by atoms with E-state index in [0.717, 1.165) is 38.5 Å². The summed E-state index contributed by atoms with van der Waals surface area (Å²) in [6.45, 7) is 2.31. The topological polar surface area (TPSA) is 106 Å². The van der Waals surface area contributed by atoms with Crippen LogP contribution in [0.4, 0.5) is 0 Å². The molecule has 6 nitrogen and oxygen atoms in total. The highest BCUT2D eigenvalue weighted by Gasteiger charge is 3.03. The Bertz CT molecular complexity index is 640. The van der Waals surface area contributed by atoms with Crippen molar-refractivity contribution in [2.24, 2.45) is 22.0 Å². The van der Waals surface area contributed by atoms with Gasteiger partial charge in [0, 0.05) is 5.41 Å². The van der Waals surface area contributed by atoms with E-state index in [1.165, 1.54) is 0 Å². The van der Waals surface area contributed by atoms with Crippen molar-refractivity contribution in [2.45, 2.75) is 57.5 Å². The predicted molar refractivity (Wildman–Crippen MR) is 75.6 cm³/mol. The number of nitrogens with zero attached hydrogens (tertiary/aromatic N) is 2. The van der Waals surface area contributed by atoms with E-state index in [9.17, 15) is 10.5 Å². The van der Waals surface area contributed by atoms with Crippen LogP contribution in [-0.2, 0) is 9.47 Å². The van der Waals surface area contributed by atoms with E-state index in [1.807, 2.05) is 6.92 Å². The van der Waals surface area contributed by atoms with Crippen LogP contribution in [0.3, 0.4) is 0 Å². The van der Waals surface area contributed by atoms with Gasteiger partial charge in [-0.2, -0.15) is 10.5 Å².